The van der Waals surface area contributed by atoms with Gasteiger partial charge in [0.2, 0.25) is 0 Å². The normalized spacial score (nSPS) is 20.7. The van der Waals surface area contributed by atoms with Crippen molar-refractivity contribution in [1.82, 2.24) is 4.67 Å². The molecule has 0 aromatic heterocycles. The van der Waals surface area contributed by atoms with Crippen LogP contribution in [0.3, 0.4) is 0 Å². The number of alkyl halides is 1. The molecule has 0 unspecified atom stereocenters. The molecule has 36 heavy (non-hydrogen) atoms. The van der Waals surface area contributed by atoms with Crippen molar-refractivity contribution in [2.45, 2.75) is 19.0 Å². The van der Waals surface area contributed by atoms with Crippen LogP contribution in [0.4, 0.5) is 4.39 Å². The van der Waals surface area contributed by atoms with Gasteiger partial charge in [0.15, 0.2) is 0 Å². The molecule has 3 nitrogen and oxygen atoms in total. The maximum atomic E-state index is 14.5. The monoisotopic (exact) mass is 515 g/mol. The Balaban J connectivity index is 1.65. The second-order valence-electron chi connectivity index (χ2n) is 9.13. The van der Waals surface area contributed by atoms with Crippen LogP contribution in [0.15, 0.2) is 103 Å². The van der Waals surface area contributed by atoms with E-state index in [1.165, 1.54) is 12.1 Å². The number of benzene rings is 5. The van der Waals surface area contributed by atoms with Gasteiger partial charge in [0.25, 0.3) is 0 Å². The fourth-order valence-electron chi connectivity index (χ4n) is 5.44. The average Bonchev–Trinajstić information content (AvgIpc) is 2.92. The Morgan fingerprint density at radius 2 is 1.50 bits per heavy atom. The summed E-state index contributed by atoms with van der Waals surface area (Å²) in [5.41, 5.74) is 2.59. The van der Waals surface area contributed by atoms with Gasteiger partial charge in [0.05, 0.1) is 6.04 Å². The zero-order chi connectivity index (χ0) is 24.9. The highest BCUT2D eigenvalue weighted by atomic mass is 35.5. The molecule has 0 saturated heterocycles. The summed E-state index contributed by atoms with van der Waals surface area (Å²) in [5, 5.41) is 4.23. The van der Waals surface area contributed by atoms with E-state index in [-0.39, 0.29) is 17.5 Å². The fraction of sp³-hybridized carbons (Fsp3) is 0.133. The van der Waals surface area contributed by atoms with Crippen molar-refractivity contribution in [3.05, 3.63) is 126 Å². The Bertz CT molecular complexity index is 1630. The molecule has 0 spiro atoms. The minimum absolute atomic E-state index is 0.175. The van der Waals surface area contributed by atoms with Crippen LogP contribution < -0.4 is 4.52 Å². The summed E-state index contributed by atoms with van der Waals surface area (Å²) in [6, 6.07) is 31.9. The molecule has 6 rings (SSSR count). The van der Waals surface area contributed by atoms with Crippen LogP contribution in [0, 0.1) is 5.82 Å². The first-order chi connectivity index (χ1) is 17.5. The van der Waals surface area contributed by atoms with Gasteiger partial charge >= 0.3 is 7.52 Å². The third-order valence-corrected chi connectivity index (χ3v) is 10.0. The lowest BCUT2D eigenvalue weighted by Gasteiger charge is -2.45. The summed E-state index contributed by atoms with van der Waals surface area (Å²) in [6.07, 6.45) is 0. The van der Waals surface area contributed by atoms with Crippen LogP contribution in [0.1, 0.15) is 35.7 Å². The smallest absolute Gasteiger partial charge is 0.335 e. The van der Waals surface area contributed by atoms with E-state index in [0.29, 0.717) is 5.75 Å². The summed E-state index contributed by atoms with van der Waals surface area (Å²) in [4.78, 5) is 0. The molecule has 0 amide bonds. The van der Waals surface area contributed by atoms with Crippen molar-refractivity contribution in [3.63, 3.8) is 0 Å². The average molecular weight is 516 g/mol. The summed E-state index contributed by atoms with van der Waals surface area (Å²) in [7, 11) is -3.54. The molecule has 0 N–H and O–H groups in total. The SMILES string of the molecule is C[C@@H](c1cccc2ccccc12)N1[C@@H](c2ccc(F)cc2)c2c(ccc3ccccc23)O[P@@]1(=O)CCl. The predicted molar refractivity (Wildman–Crippen MR) is 145 cm³/mol. The number of hydrogen-bond donors (Lipinski definition) is 0. The maximum absolute atomic E-state index is 14.5. The third kappa shape index (κ3) is 3.72. The Labute approximate surface area is 214 Å². The molecular formula is C30H24ClFNO2P. The number of halogens is 2. The topological polar surface area (TPSA) is 29.5 Å². The van der Waals surface area contributed by atoms with Gasteiger partial charge in [-0.1, -0.05) is 84.9 Å². The molecule has 5 aromatic carbocycles. The Morgan fingerprint density at radius 1 is 0.861 bits per heavy atom. The quantitative estimate of drug-likeness (QED) is 0.176. The van der Waals surface area contributed by atoms with Gasteiger partial charge in [-0.25, -0.2) is 9.06 Å². The lowest BCUT2D eigenvalue weighted by atomic mass is 9.91. The zero-order valence-corrected chi connectivity index (χ0v) is 21.3. The van der Waals surface area contributed by atoms with Crippen molar-refractivity contribution in [1.29, 1.82) is 0 Å². The first kappa shape index (κ1) is 23.2. The molecule has 5 aromatic rings. The zero-order valence-electron chi connectivity index (χ0n) is 19.6. The number of fused-ring (bicyclic) bond motifs is 4. The van der Waals surface area contributed by atoms with Crippen LogP contribution in [-0.2, 0) is 4.57 Å². The summed E-state index contributed by atoms with van der Waals surface area (Å²) < 4.78 is 36.7. The van der Waals surface area contributed by atoms with Gasteiger partial charge in [-0.15, -0.1) is 11.6 Å². The second kappa shape index (κ2) is 9.05. The van der Waals surface area contributed by atoms with E-state index in [0.717, 1.165) is 38.2 Å². The van der Waals surface area contributed by atoms with Gasteiger partial charge in [0, 0.05) is 11.6 Å². The Kier molecular flexibility index (Phi) is 5.84. The predicted octanol–water partition coefficient (Wildman–Crippen LogP) is 9.07. The van der Waals surface area contributed by atoms with E-state index in [1.807, 2.05) is 66.2 Å². The van der Waals surface area contributed by atoms with Crippen LogP contribution in [-0.4, -0.2) is 10.3 Å². The molecule has 0 fully saturated rings. The third-order valence-electron chi connectivity index (χ3n) is 7.07. The first-order valence-corrected chi connectivity index (χ1v) is 14.2. The molecule has 180 valence electrons. The molecule has 0 saturated carbocycles. The Hall–Kier alpha value is -3.17. The lowest BCUT2D eigenvalue weighted by Crippen LogP contribution is -2.35. The molecular weight excluding hydrogens is 492 g/mol. The van der Waals surface area contributed by atoms with Crippen LogP contribution in [0.5, 0.6) is 5.75 Å². The van der Waals surface area contributed by atoms with E-state index in [2.05, 4.69) is 24.3 Å². The van der Waals surface area contributed by atoms with Gasteiger partial charge in [0.1, 0.15) is 17.2 Å². The van der Waals surface area contributed by atoms with Gasteiger partial charge in [-0.3, -0.25) is 4.57 Å². The highest BCUT2D eigenvalue weighted by molar-refractivity contribution is 7.58. The molecule has 0 bridgehead atoms. The first-order valence-electron chi connectivity index (χ1n) is 11.9. The summed E-state index contributed by atoms with van der Waals surface area (Å²) in [6.45, 7) is 2.04. The van der Waals surface area contributed by atoms with Crippen LogP contribution in [0.2, 0.25) is 0 Å². The molecule has 0 radical (unpaired) electrons. The molecule has 0 aliphatic carbocycles. The lowest BCUT2D eigenvalue weighted by molar-refractivity contribution is 0.244. The maximum Gasteiger partial charge on any atom is 0.335 e. The number of rotatable bonds is 4. The van der Waals surface area contributed by atoms with E-state index >= 15 is 0 Å². The fourth-order valence-corrected chi connectivity index (χ4v) is 7.94. The minimum Gasteiger partial charge on any atom is -0.431 e. The standard InChI is InChI=1S/C30H24ClFNO2P/c1-20(25-12-6-9-21-7-2-4-10-26(21)25)33-30(23-13-16-24(32)17-14-23)29-27-11-5-3-8-22(27)15-18-28(29)35-36(33,34)19-31/h2-18,20,30H,19H2,1H3/t20-,30-,36-/m0/s1. The largest absolute Gasteiger partial charge is 0.431 e. The van der Waals surface area contributed by atoms with Crippen LogP contribution in [0.25, 0.3) is 21.5 Å². The molecule has 1 heterocycles. The molecule has 1 aliphatic heterocycles. The van der Waals surface area contributed by atoms with E-state index in [1.54, 1.807) is 12.1 Å². The highest BCUT2D eigenvalue weighted by Gasteiger charge is 2.48. The number of nitrogens with zero attached hydrogens (tertiary/aromatic N) is 1. The van der Waals surface area contributed by atoms with Gasteiger partial charge < -0.3 is 4.52 Å². The minimum atomic E-state index is -3.54. The summed E-state index contributed by atoms with van der Waals surface area (Å²) in [5.74, 6) is 0.228. The van der Waals surface area contributed by atoms with E-state index in [4.69, 9.17) is 16.1 Å². The molecule has 6 heteroatoms. The van der Waals surface area contributed by atoms with Gasteiger partial charge in [-0.05, 0) is 57.8 Å². The second-order valence-corrected chi connectivity index (χ2v) is 12.0. The van der Waals surface area contributed by atoms with Crippen LogP contribution >= 0.6 is 19.1 Å². The number of hydrogen-bond acceptors (Lipinski definition) is 2. The molecule has 3 atom stereocenters. The molecule has 1 aliphatic rings. The van der Waals surface area contributed by atoms with Crippen molar-refractivity contribution in [2.24, 2.45) is 0 Å². The highest BCUT2D eigenvalue weighted by Crippen LogP contribution is 2.66. The van der Waals surface area contributed by atoms with Crippen molar-refractivity contribution >= 4 is 40.7 Å². The van der Waals surface area contributed by atoms with E-state index in [9.17, 15) is 8.96 Å². The van der Waals surface area contributed by atoms with Crippen molar-refractivity contribution in [2.75, 3.05) is 5.62 Å². The summed E-state index contributed by atoms with van der Waals surface area (Å²) >= 11 is 6.44. The van der Waals surface area contributed by atoms with Crippen molar-refractivity contribution < 1.29 is 13.5 Å². The Morgan fingerprint density at radius 3 is 2.22 bits per heavy atom. The van der Waals surface area contributed by atoms with Gasteiger partial charge in [-0.2, -0.15) is 0 Å². The van der Waals surface area contributed by atoms with Crippen molar-refractivity contribution in [3.8, 4) is 5.75 Å². The van der Waals surface area contributed by atoms with E-state index < -0.39 is 13.6 Å².